The maximum absolute atomic E-state index is 11.3. The molecule has 0 aliphatic carbocycles. The maximum Gasteiger partial charge on any atom is 0.208 e. The van der Waals surface area contributed by atoms with Crippen LogP contribution in [0.15, 0.2) is 66.0 Å². The zero-order chi connectivity index (χ0) is 21.4. The van der Waals surface area contributed by atoms with Crippen LogP contribution in [0, 0.1) is 0 Å². The second-order valence-corrected chi connectivity index (χ2v) is 8.81. The topological polar surface area (TPSA) is 46.9 Å². The van der Waals surface area contributed by atoms with Crippen LogP contribution in [-0.4, -0.2) is 15.8 Å². The van der Waals surface area contributed by atoms with Crippen LogP contribution < -0.4 is 5.32 Å². The summed E-state index contributed by atoms with van der Waals surface area (Å²) in [6, 6.07) is 20.0. The molecule has 0 fully saturated rings. The van der Waals surface area contributed by atoms with Crippen molar-refractivity contribution in [2.45, 2.75) is 19.9 Å². The molecule has 4 nitrogen and oxygen atoms in total. The molecule has 0 saturated carbocycles. The van der Waals surface area contributed by atoms with Crippen molar-refractivity contribution in [3.63, 3.8) is 0 Å². The number of carbonyl (C=O) groups excluding carboxylic acids is 1. The van der Waals surface area contributed by atoms with E-state index in [1.807, 2.05) is 30.3 Å². The van der Waals surface area contributed by atoms with Crippen molar-refractivity contribution in [1.82, 2.24) is 9.55 Å². The van der Waals surface area contributed by atoms with Gasteiger partial charge in [0.1, 0.15) is 6.29 Å². The third-order valence-corrected chi connectivity index (χ3v) is 6.72. The molecule has 2 aromatic heterocycles. The lowest BCUT2D eigenvalue weighted by Crippen LogP contribution is -2.05. The SMILES string of the molecule is CCc1ccc(Nc2nc3cc(C=O)ccc3n2Cc2csc3ccc(Cl)cc23)cc1. The van der Waals surface area contributed by atoms with Crippen LogP contribution in [0.1, 0.15) is 28.4 Å². The summed E-state index contributed by atoms with van der Waals surface area (Å²) in [5.74, 6) is 0.740. The van der Waals surface area contributed by atoms with E-state index in [-0.39, 0.29) is 0 Å². The fraction of sp³-hybridized carbons (Fsp3) is 0.120. The number of halogens is 1. The fourth-order valence-electron chi connectivity index (χ4n) is 3.78. The smallest absolute Gasteiger partial charge is 0.208 e. The van der Waals surface area contributed by atoms with Gasteiger partial charge in [0.05, 0.1) is 17.6 Å². The molecule has 0 radical (unpaired) electrons. The van der Waals surface area contributed by atoms with Crippen molar-refractivity contribution in [2.24, 2.45) is 0 Å². The van der Waals surface area contributed by atoms with E-state index in [4.69, 9.17) is 16.6 Å². The number of hydrogen-bond donors (Lipinski definition) is 1. The van der Waals surface area contributed by atoms with Gasteiger partial charge in [0, 0.05) is 21.0 Å². The van der Waals surface area contributed by atoms with E-state index in [0.717, 1.165) is 45.8 Å². The van der Waals surface area contributed by atoms with Gasteiger partial charge in [-0.2, -0.15) is 0 Å². The molecular weight excluding hydrogens is 426 g/mol. The summed E-state index contributed by atoms with van der Waals surface area (Å²) in [4.78, 5) is 16.1. The Morgan fingerprint density at radius 2 is 1.94 bits per heavy atom. The van der Waals surface area contributed by atoms with Crippen molar-refractivity contribution < 1.29 is 4.79 Å². The summed E-state index contributed by atoms with van der Waals surface area (Å²) in [6.07, 6.45) is 1.85. The number of hydrogen-bond acceptors (Lipinski definition) is 4. The van der Waals surface area contributed by atoms with Crippen LogP contribution in [0.4, 0.5) is 11.6 Å². The highest BCUT2D eigenvalue weighted by Gasteiger charge is 2.14. The van der Waals surface area contributed by atoms with Gasteiger partial charge in [-0.15, -0.1) is 11.3 Å². The number of aldehydes is 1. The van der Waals surface area contributed by atoms with Gasteiger partial charge in [-0.3, -0.25) is 4.79 Å². The summed E-state index contributed by atoms with van der Waals surface area (Å²) in [5.41, 5.74) is 5.82. The Bertz CT molecular complexity index is 1400. The quantitative estimate of drug-likeness (QED) is 0.284. The van der Waals surface area contributed by atoms with Crippen LogP contribution in [0.2, 0.25) is 5.02 Å². The Kier molecular flexibility index (Phi) is 5.22. The number of benzene rings is 3. The fourth-order valence-corrected chi connectivity index (χ4v) is 4.88. The summed E-state index contributed by atoms with van der Waals surface area (Å²) >= 11 is 7.97. The van der Waals surface area contributed by atoms with E-state index in [1.165, 1.54) is 15.8 Å². The molecule has 0 unspecified atom stereocenters. The summed E-state index contributed by atoms with van der Waals surface area (Å²) in [5, 5.41) is 7.52. The lowest BCUT2D eigenvalue weighted by molar-refractivity contribution is 0.112. The molecule has 6 heteroatoms. The first kappa shape index (κ1) is 19.8. The lowest BCUT2D eigenvalue weighted by Gasteiger charge is -2.11. The minimum absolute atomic E-state index is 0.615. The van der Waals surface area contributed by atoms with Crippen LogP contribution in [0.25, 0.3) is 21.1 Å². The number of rotatable bonds is 6. The van der Waals surface area contributed by atoms with Crippen LogP contribution in [0.3, 0.4) is 0 Å². The maximum atomic E-state index is 11.3. The van der Waals surface area contributed by atoms with Crippen molar-refractivity contribution in [3.05, 3.63) is 87.8 Å². The van der Waals surface area contributed by atoms with Gasteiger partial charge in [0.2, 0.25) is 5.95 Å². The molecule has 5 aromatic rings. The Hall–Kier alpha value is -3.15. The van der Waals surface area contributed by atoms with Crippen LogP contribution in [0.5, 0.6) is 0 Å². The van der Waals surface area contributed by atoms with Gasteiger partial charge in [-0.1, -0.05) is 30.7 Å². The average Bonchev–Trinajstić information content (AvgIpc) is 3.35. The number of anilines is 2. The highest BCUT2D eigenvalue weighted by atomic mass is 35.5. The highest BCUT2D eigenvalue weighted by molar-refractivity contribution is 7.17. The Labute approximate surface area is 189 Å². The summed E-state index contributed by atoms with van der Waals surface area (Å²) in [7, 11) is 0. The minimum atomic E-state index is 0.615. The first-order valence-electron chi connectivity index (χ1n) is 10.1. The van der Waals surface area contributed by atoms with Crippen LogP contribution >= 0.6 is 22.9 Å². The number of fused-ring (bicyclic) bond motifs is 2. The van der Waals surface area contributed by atoms with Crippen molar-refractivity contribution in [3.8, 4) is 0 Å². The zero-order valence-electron chi connectivity index (χ0n) is 16.9. The van der Waals surface area contributed by atoms with Crippen molar-refractivity contribution in [2.75, 3.05) is 5.32 Å². The summed E-state index contributed by atoms with van der Waals surface area (Å²) in [6.45, 7) is 2.79. The van der Waals surface area contributed by atoms with Gasteiger partial charge in [0.25, 0.3) is 0 Å². The minimum Gasteiger partial charge on any atom is -0.326 e. The zero-order valence-corrected chi connectivity index (χ0v) is 18.5. The van der Waals surface area contributed by atoms with E-state index in [0.29, 0.717) is 12.1 Å². The van der Waals surface area contributed by atoms with Gasteiger partial charge < -0.3 is 9.88 Å². The molecule has 0 atom stereocenters. The van der Waals surface area contributed by atoms with E-state index in [2.05, 4.69) is 52.5 Å². The molecule has 0 aliphatic rings. The van der Waals surface area contributed by atoms with E-state index >= 15 is 0 Å². The van der Waals surface area contributed by atoms with Gasteiger partial charge in [-0.25, -0.2) is 4.98 Å². The molecule has 1 N–H and O–H groups in total. The van der Waals surface area contributed by atoms with Gasteiger partial charge in [0.15, 0.2) is 0 Å². The van der Waals surface area contributed by atoms with E-state index in [9.17, 15) is 4.79 Å². The third-order valence-electron chi connectivity index (χ3n) is 5.47. The number of carbonyl (C=O) groups is 1. The Morgan fingerprint density at radius 3 is 2.71 bits per heavy atom. The molecule has 0 saturated heterocycles. The molecule has 0 aliphatic heterocycles. The highest BCUT2D eigenvalue weighted by Crippen LogP contribution is 2.32. The third kappa shape index (κ3) is 3.82. The Balaban J connectivity index is 1.60. The Morgan fingerprint density at radius 1 is 1.10 bits per heavy atom. The number of aryl methyl sites for hydroxylation is 1. The molecule has 154 valence electrons. The first-order valence-corrected chi connectivity index (χ1v) is 11.4. The van der Waals surface area contributed by atoms with E-state index < -0.39 is 0 Å². The predicted molar refractivity (Wildman–Crippen MR) is 130 cm³/mol. The van der Waals surface area contributed by atoms with Gasteiger partial charge in [-0.05, 0) is 76.8 Å². The molecule has 0 bridgehead atoms. The largest absolute Gasteiger partial charge is 0.326 e. The van der Waals surface area contributed by atoms with Crippen LogP contribution in [-0.2, 0) is 13.0 Å². The van der Waals surface area contributed by atoms with Gasteiger partial charge >= 0.3 is 0 Å². The second kappa shape index (κ2) is 8.17. The molecule has 0 amide bonds. The number of thiophene rings is 1. The first-order chi connectivity index (χ1) is 15.1. The molecule has 2 heterocycles. The molecule has 0 spiro atoms. The molecule has 31 heavy (non-hydrogen) atoms. The second-order valence-electron chi connectivity index (χ2n) is 7.46. The molecule has 5 rings (SSSR count). The predicted octanol–water partition coefficient (Wildman–Crippen LogP) is 7.07. The van der Waals surface area contributed by atoms with Crippen molar-refractivity contribution in [1.29, 1.82) is 0 Å². The number of aromatic nitrogens is 2. The standard InChI is InChI=1S/C25H20ClN3OS/c1-2-16-3-7-20(8-4-16)27-25-28-22-11-17(14-30)5-9-23(22)29(25)13-18-15-31-24-10-6-19(26)12-21(18)24/h3-12,14-15H,2,13H2,1H3,(H,27,28). The number of imidazole rings is 1. The molecular formula is C25H20ClN3OS. The number of nitrogens with zero attached hydrogens (tertiary/aromatic N) is 2. The van der Waals surface area contributed by atoms with Crippen molar-refractivity contribution >= 4 is 62.0 Å². The molecule has 3 aromatic carbocycles. The normalized spacial score (nSPS) is 11.3. The lowest BCUT2D eigenvalue weighted by atomic mass is 10.1. The average molecular weight is 446 g/mol. The number of nitrogens with one attached hydrogen (secondary N) is 1. The summed E-state index contributed by atoms with van der Waals surface area (Å²) < 4.78 is 3.36. The van der Waals surface area contributed by atoms with E-state index in [1.54, 1.807) is 11.3 Å². The monoisotopic (exact) mass is 445 g/mol.